The largest absolute Gasteiger partial charge is 0.573 e. The Morgan fingerprint density at radius 3 is 2.24 bits per heavy atom. The molecule has 4 nitrogen and oxygen atoms in total. The van der Waals surface area contributed by atoms with Crippen LogP contribution in [-0.2, 0) is 16.0 Å². The number of halogens is 4. The van der Waals surface area contributed by atoms with Crippen molar-refractivity contribution in [2.24, 2.45) is 17.8 Å². The van der Waals surface area contributed by atoms with Crippen LogP contribution in [0.3, 0.4) is 0 Å². The van der Waals surface area contributed by atoms with Crippen molar-refractivity contribution in [2.75, 3.05) is 0 Å². The third-order valence-corrected chi connectivity index (χ3v) is 7.88. The number of carbonyl (C=O) groups excluding carboxylic acids is 1. The average molecular weight is 487 g/mol. The first-order valence-corrected chi connectivity index (χ1v) is 12.6. The van der Waals surface area contributed by atoms with Crippen molar-refractivity contribution < 1.29 is 36.6 Å². The number of ether oxygens (including phenoxy) is 3. The van der Waals surface area contributed by atoms with Gasteiger partial charge in [-0.25, -0.2) is 4.39 Å². The van der Waals surface area contributed by atoms with E-state index >= 15 is 0 Å². The molecule has 4 rings (SSSR count). The molecule has 2 fully saturated rings. The van der Waals surface area contributed by atoms with Gasteiger partial charge in [0.25, 0.3) is 0 Å². The summed E-state index contributed by atoms with van der Waals surface area (Å²) in [5.41, 5.74) is 0.556. The van der Waals surface area contributed by atoms with Crippen molar-refractivity contribution in [1.82, 2.24) is 0 Å². The summed E-state index contributed by atoms with van der Waals surface area (Å²) in [6, 6.07) is 2.12. The third kappa shape index (κ3) is 6.79. The topological polar surface area (TPSA) is 44.8 Å². The van der Waals surface area contributed by atoms with Gasteiger partial charge in [-0.15, -0.1) is 13.2 Å². The van der Waals surface area contributed by atoms with E-state index in [-0.39, 0.29) is 18.2 Å². The Morgan fingerprint density at radius 2 is 1.62 bits per heavy atom. The first-order chi connectivity index (χ1) is 16.2. The van der Waals surface area contributed by atoms with Gasteiger partial charge in [-0.2, -0.15) is 0 Å². The number of hydrogen-bond acceptors (Lipinski definition) is 4. The molecule has 8 heteroatoms. The van der Waals surface area contributed by atoms with E-state index in [1.54, 1.807) is 0 Å². The highest BCUT2D eigenvalue weighted by molar-refractivity contribution is 5.66. The van der Waals surface area contributed by atoms with Crippen LogP contribution in [0, 0.1) is 23.6 Å². The van der Waals surface area contributed by atoms with Crippen LogP contribution in [0.5, 0.6) is 11.5 Å². The van der Waals surface area contributed by atoms with Crippen LogP contribution < -0.4 is 9.47 Å². The Labute approximate surface area is 198 Å². The SMILES string of the molecule is CC(=O)OC1CCC(C2CCC(CCC3CCc4cc(OC(F)(F)F)c(F)cc4O3)CC2)CC1. The maximum absolute atomic E-state index is 14.1. The molecule has 0 amide bonds. The zero-order chi connectivity index (χ0) is 24.3. The van der Waals surface area contributed by atoms with Gasteiger partial charge in [-0.3, -0.25) is 4.79 Å². The van der Waals surface area contributed by atoms with Gasteiger partial charge in [-0.1, -0.05) is 12.8 Å². The van der Waals surface area contributed by atoms with Crippen molar-refractivity contribution >= 4 is 5.97 Å². The number of carbonyl (C=O) groups is 1. The molecule has 1 aromatic rings. The number of benzene rings is 1. The van der Waals surface area contributed by atoms with Crippen molar-refractivity contribution in [3.63, 3.8) is 0 Å². The molecule has 0 saturated heterocycles. The number of esters is 1. The highest BCUT2D eigenvalue weighted by Crippen LogP contribution is 2.42. The molecule has 0 spiro atoms. The van der Waals surface area contributed by atoms with Gasteiger partial charge in [0, 0.05) is 13.0 Å². The van der Waals surface area contributed by atoms with Crippen molar-refractivity contribution in [2.45, 2.75) is 103 Å². The molecule has 0 bridgehead atoms. The number of aryl methyl sites for hydroxylation is 1. The summed E-state index contributed by atoms with van der Waals surface area (Å²) < 4.78 is 66.4. The lowest BCUT2D eigenvalue weighted by Crippen LogP contribution is -2.30. The number of rotatable bonds is 6. The van der Waals surface area contributed by atoms with Gasteiger partial charge in [0.15, 0.2) is 11.6 Å². The molecule has 1 atom stereocenters. The second-order valence-electron chi connectivity index (χ2n) is 10.2. The lowest BCUT2D eigenvalue weighted by molar-refractivity contribution is -0.275. The first kappa shape index (κ1) is 25.1. The molecular weight excluding hydrogens is 452 g/mol. The fourth-order valence-electron chi connectivity index (χ4n) is 6.13. The van der Waals surface area contributed by atoms with Gasteiger partial charge < -0.3 is 14.2 Å². The van der Waals surface area contributed by atoms with E-state index in [1.807, 2.05) is 0 Å². The summed E-state index contributed by atoms with van der Waals surface area (Å²) >= 11 is 0. The van der Waals surface area contributed by atoms with Gasteiger partial charge in [-0.05, 0) is 93.6 Å². The summed E-state index contributed by atoms with van der Waals surface area (Å²) in [6.45, 7) is 1.48. The molecule has 34 heavy (non-hydrogen) atoms. The number of fused-ring (bicyclic) bond motifs is 1. The minimum Gasteiger partial charge on any atom is -0.490 e. The summed E-state index contributed by atoms with van der Waals surface area (Å²) in [4.78, 5) is 11.2. The lowest BCUT2D eigenvalue weighted by atomic mass is 9.70. The van der Waals surface area contributed by atoms with Crippen LogP contribution in [0.2, 0.25) is 0 Å². The lowest BCUT2D eigenvalue weighted by Gasteiger charge is -2.38. The molecule has 190 valence electrons. The number of alkyl halides is 3. The minimum absolute atomic E-state index is 0.0319. The predicted molar refractivity (Wildman–Crippen MR) is 118 cm³/mol. The van der Waals surface area contributed by atoms with Crippen molar-refractivity contribution in [3.8, 4) is 11.5 Å². The minimum atomic E-state index is -4.92. The Balaban J connectivity index is 1.19. The van der Waals surface area contributed by atoms with Crippen molar-refractivity contribution in [3.05, 3.63) is 23.5 Å². The molecule has 0 N–H and O–H groups in total. The Hall–Kier alpha value is -1.99. The van der Waals surface area contributed by atoms with E-state index in [0.717, 1.165) is 62.5 Å². The van der Waals surface area contributed by atoms with Gasteiger partial charge in [0.2, 0.25) is 0 Å². The summed E-state index contributed by atoms with van der Waals surface area (Å²) in [5.74, 6) is 0.464. The second kappa shape index (κ2) is 10.7. The molecule has 1 heterocycles. The fraction of sp³-hybridized carbons (Fsp3) is 0.731. The standard InChI is InChI=1S/C26H34F4O4/c1-16(31)32-21-11-7-19(8-12-21)18-5-2-17(3-6-18)4-10-22-13-9-20-14-25(34-26(28,29)30)23(27)15-24(20)33-22/h14-15,17-19,21-22H,2-13H2,1H3. The molecule has 1 unspecified atom stereocenters. The molecule has 1 aliphatic heterocycles. The predicted octanol–water partition coefficient (Wildman–Crippen LogP) is 7.13. The fourth-order valence-corrected chi connectivity index (χ4v) is 6.13. The molecule has 0 radical (unpaired) electrons. The summed E-state index contributed by atoms with van der Waals surface area (Å²) in [7, 11) is 0. The molecule has 1 aromatic carbocycles. The summed E-state index contributed by atoms with van der Waals surface area (Å²) in [5, 5.41) is 0. The smallest absolute Gasteiger partial charge is 0.490 e. The quantitative estimate of drug-likeness (QED) is 0.317. The molecule has 3 aliphatic rings. The monoisotopic (exact) mass is 486 g/mol. The second-order valence-corrected chi connectivity index (χ2v) is 10.2. The van der Waals surface area contributed by atoms with E-state index in [2.05, 4.69) is 4.74 Å². The van der Waals surface area contributed by atoms with Crippen LogP contribution in [0.15, 0.2) is 12.1 Å². The van der Waals surface area contributed by atoms with Crippen LogP contribution in [0.25, 0.3) is 0 Å². The van der Waals surface area contributed by atoms with Crippen LogP contribution in [-0.4, -0.2) is 24.5 Å². The highest BCUT2D eigenvalue weighted by atomic mass is 19.4. The maximum Gasteiger partial charge on any atom is 0.573 e. The number of hydrogen-bond donors (Lipinski definition) is 0. The molecule has 0 aromatic heterocycles. The Morgan fingerprint density at radius 1 is 0.971 bits per heavy atom. The summed E-state index contributed by atoms with van der Waals surface area (Å²) in [6.07, 6.45) is 7.53. The highest BCUT2D eigenvalue weighted by Gasteiger charge is 2.34. The molecular formula is C26H34F4O4. The Kier molecular flexibility index (Phi) is 7.93. The van der Waals surface area contributed by atoms with Crippen molar-refractivity contribution in [1.29, 1.82) is 0 Å². The van der Waals surface area contributed by atoms with E-state index in [1.165, 1.54) is 32.6 Å². The van der Waals surface area contributed by atoms with Gasteiger partial charge in [0.05, 0.1) is 6.10 Å². The maximum atomic E-state index is 14.1. The van der Waals surface area contributed by atoms with Crippen LogP contribution in [0.1, 0.15) is 83.1 Å². The van der Waals surface area contributed by atoms with Crippen LogP contribution in [0.4, 0.5) is 17.6 Å². The van der Waals surface area contributed by atoms with E-state index < -0.39 is 17.9 Å². The Bertz CT molecular complexity index is 840. The molecule has 2 saturated carbocycles. The van der Waals surface area contributed by atoms with Crippen LogP contribution >= 0.6 is 0 Å². The van der Waals surface area contributed by atoms with E-state index in [0.29, 0.717) is 30.1 Å². The first-order valence-electron chi connectivity index (χ1n) is 12.6. The van der Waals surface area contributed by atoms with E-state index in [9.17, 15) is 22.4 Å². The average Bonchev–Trinajstić information content (AvgIpc) is 2.78. The van der Waals surface area contributed by atoms with E-state index in [4.69, 9.17) is 9.47 Å². The zero-order valence-electron chi connectivity index (χ0n) is 19.7. The molecule has 2 aliphatic carbocycles. The van der Waals surface area contributed by atoms with Gasteiger partial charge in [0.1, 0.15) is 11.9 Å². The third-order valence-electron chi connectivity index (χ3n) is 7.88. The zero-order valence-corrected chi connectivity index (χ0v) is 19.7. The normalized spacial score (nSPS) is 29.6. The van der Waals surface area contributed by atoms with Gasteiger partial charge >= 0.3 is 12.3 Å².